The third kappa shape index (κ3) is 3.87. The zero-order valence-electron chi connectivity index (χ0n) is 9.64. The van der Waals surface area contributed by atoms with Crippen LogP contribution in [0.25, 0.3) is 0 Å². The van der Waals surface area contributed by atoms with Gasteiger partial charge in [-0.1, -0.05) is 0 Å². The number of anilines is 3. The van der Waals surface area contributed by atoms with Gasteiger partial charge < -0.3 is 27.9 Å². The van der Waals surface area contributed by atoms with Crippen molar-refractivity contribution in [3.63, 3.8) is 0 Å². The average molecular weight is 270 g/mol. The number of alkyl halides is 2. The van der Waals surface area contributed by atoms with E-state index in [0.29, 0.717) is 0 Å². The summed E-state index contributed by atoms with van der Waals surface area (Å²) in [5.41, 5.74) is 16.5. The number of allylic oxidation sites excluding steroid dienone is 1. The van der Waals surface area contributed by atoms with Crippen molar-refractivity contribution in [2.24, 2.45) is 10.7 Å². The molecule has 0 unspecified atom stereocenters. The van der Waals surface area contributed by atoms with E-state index in [9.17, 15) is 8.78 Å². The van der Waals surface area contributed by atoms with Crippen molar-refractivity contribution in [1.29, 1.82) is 5.41 Å². The van der Waals surface area contributed by atoms with Gasteiger partial charge in [-0.2, -0.15) is 18.7 Å². The van der Waals surface area contributed by atoms with Gasteiger partial charge in [0, 0.05) is 12.4 Å². The SMILES string of the molecule is N=Cc1c(N)nc(NC(C=NC(F)F)=CN)nc1N. The Labute approximate surface area is 106 Å². The van der Waals surface area contributed by atoms with Gasteiger partial charge in [0.05, 0.1) is 17.5 Å². The van der Waals surface area contributed by atoms with Crippen LogP contribution in [-0.4, -0.2) is 28.9 Å². The number of hydrogen-bond acceptors (Lipinski definition) is 8. The summed E-state index contributed by atoms with van der Waals surface area (Å²) in [7, 11) is 0. The van der Waals surface area contributed by atoms with Crippen molar-refractivity contribution < 1.29 is 8.78 Å². The molecule has 0 amide bonds. The van der Waals surface area contributed by atoms with Gasteiger partial charge in [-0.3, -0.25) is 0 Å². The van der Waals surface area contributed by atoms with E-state index >= 15 is 0 Å². The van der Waals surface area contributed by atoms with Crippen LogP contribution in [0.5, 0.6) is 0 Å². The molecule has 1 rings (SSSR count). The molecule has 0 saturated carbocycles. The minimum Gasteiger partial charge on any atom is -0.403 e. The predicted octanol–water partition coefficient (Wildman–Crippen LogP) is 0.144. The van der Waals surface area contributed by atoms with E-state index in [1.807, 2.05) is 0 Å². The first-order chi connectivity index (χ1) is 8.97. The Kier molecular flexibility index (Phi) is 4.69. The van der Waals surface area contributed by atoms with Crippen molar-refractivity contribution >= 4 is 30.0 Å². The summed E-state index contributed by atoms with van der Waals surface area (Å²) in [5, 5.41) is 9.58. The lowest BCUT2D eigenvalue weighted by atomic mass is 10.3. The van der Waals surface area contributed by atoms with Crippen LogP contribution in [0.1, 0.15) is 5.56 Å². The van der Waals surface area contributed by atoms with E-state index in [-0.39, 0.29) is 28.8 Å². The molecule has 0 radical (unpaired) electrons. The van der Waals surface area contributed by atoms with Gasteiger partial charge in [0.15, 0.2) is 0 Å². The molecule has 0 spiro atoms. The summed E-state index contributed by atoms with van der Waals surface area (Å²) in [4.78, 5) is 10.4. The molecule has 0 aromatic carbocycles. The summed E-state index contributed by atoms with van der Waals surface area (Å²) in [5.74, 6) is -0.0858. The number of aromatic nitrogens is 2. The molecule has 0 atom stereocenters. The molecule has 0 fully saturated rings. The molecule has 0 bridgehead atoms. The highest BCUT2D eigenvalue weighted by Crippen LogP contribution is 2.16. The molecule has 0 aliphatic heterocycles. The molecule has 0 aliphatic carbocycles. The Morgan fingerprint density at radius 2 is 1.89 bits per heavy atom. The Morgan fingerprint density at radius 1 is 1.32 bits per heavy atom. The zero-order chi connectivity index (χ0) is 14.4. The van der Waals surface area contributed by atoms with Crippen molar-refractivity contribution in [3.05, 3.63) is 17.5 Å². The molecule has 8 nitrogen and oxygen atoms in total. The van der Waals surface area contributed by atoms with Crippen LogP contribution in [0.2, 0.25) is 0 Å². The number of aliphatic imine (C=N–C) groups is 1. The molecule has 19 heavy (non-hydrogen) atoms. The maximum absolute atomic E-state index is 11.9. The van der Waals surface area contributed by atoms with Crippen LogP contribution in [0.3, 0.4) is 0 Å². The van der Waals surface area contributed by atoms with Crippen molar-refractivity contribution in [2.45, 2.75) is 6.55 Å². The van der Waals surface area contributed by atoms with E-state index in [2.05, 4.69) is 20.3 Å². The van der Waals surface area contributed by atoms with Gasteiger partial charge in [0.2, 0.25) is 5.95 Å². The number of nitrogens with zero attached hydrogens (tertiary/aromatic N) is 3. The molecule has 0 aliphatic rings. The molecular formula is C9H12F2N8. The Morgan fingerprint density at radius 3 is 2.32 bits per heavy atom. The van der Waals surface area contributed by atoms with Crippen LogP contribution in [0, 0.1) is 5.41 Å². The van der Waals surface area contributed by atoms with Gasteiger partial charge in [0.1, 0.15) is 11.6 Å². The normalized spacial score (nSPS) is 12.1. The van der Waals surface area contributed by atoms with Crippen LogP contribution in [-0.2, 0) is 0 Å². The smallest absolute Gasteiger partial charge is 0.331 e. The highest BCUT2D eigenvalue weighted by atomic mass is 19.3. The third-order valence-corrected chi connectivity index (χ3v) is 1.91. The summed E-state index contributed by atoms with van der Waals surface area (Å²) in [6, 6.07) is 0. The fraction of sp³-hybridized carbons (Fsp3) is 0.111. The lowest BCUT2D eigenvalue weighted by molar-refractivity contribution is 0.160. The van der Waals surface area contributed by atoms with Crippen LogP contribution >= 0.6 is 0 Å². The lowest BCUT2D eigenvalue weighted by Gasteiger charge is -2.08. The number of hydrogen-bond donors (Lipinski definition) is 5. The van der Waals surface area contributed by atoms with Gasteiger partial charge >= 0.3 is 6.55 Å². The quantitative estimate of drug-likeness (QED) is 0.379. The standard InChI is InChI=1S/C9H12F2N8/c10-8(11)16-3-4(1-12)17-9-18-6(14)5(2-13)7(15)19-9/h1-3,8,13H,12H2,(H5,14,15,17,18,19). The highest BCUT2D eigenvalue weighted by Gasteiger charge is 2.08. The lowest BCUT2D eigenvalue weighted by Crippen LogP contribution is -2.12. The van der Waals surface area contributed by atoms with E-state index in [0.717, 1.165) is 18.6 Å². The zero-order valence-corrected chi connectivity index (χ0v) is 9.64. The molecular weight excluding hydrogens is 258 g/mol. The number of halogens is 2. The Hall–Kier alpha value is -2.78. The average Bonchev–Trinajstić information content (AvgIpc) is 2.34. The fourth-order valence-electron chi connectivity index (χ4n) is 1.09. The van der Waals surface area contributed by atoms with Crippen LogP contribution < -0.4 is 22.5 Å². The fourth-order valence-corrected chi connectivity index (χ4v) is 1.09. The largest absolute Gasteiger partial charge is 0.403 e. The van der Waals surface area contributed by atoms with Gasteiger partial charge in [-0.25, -0.2) is 4.99 Å². The van der Waals surface area contributed by atoms with Gasteiger partial charge in [-0.05, 0) is 0 Å². The molecule has 1 aromatic rings. The van der Waals surface area contributed by atoms with Crippen LogP contribution in [0.15, 0.2) is 16.9 Å². The number of nitrogens with one attached hydrogen (secondary N) is 2. The maximum atomic E-state index is 11.9. The first kappa shape index (κ1) is 14.3. The molecule has 1 heterocycles. The van der Waals surface area contributed by atoms with E-state index in [1.54, 1.807) is 0 Å². The number of nitrogen functional groups attached to an aromatic ring is 2. The summed E-state index contributed by atoms with van der Waals surface area (Å²) < 4.78 is 23.8. The Bertz CT molecular complexity index is 502. The molecule has 8 N–H and O–H groups in total. The predicted molar refractivity (Wildman–Crippen MR) is 69.1 cm³/mol. The van der Waals surface area contributed by atoms with E-state index < -0.39 is 6.55 Å². The molecule has 1 aromatic heterocycles. The van der Waals surface area contributed by atoms with Gasteiger partial charge in [-0.15, -0.1) is 0 Å². The second kappa shape index (κ2) is 6.23. The summed E-state index contributed by atoms with van der Waals surface area (Å²) >= 11 is 0. The number of nitrogens with two attached hydrogens (primary N) is 3. The topological polar surface area (TPSA) is 152 Å². The Balaban J connectivity index is 2.96. The summed E-state index contributed by atoms with van der Waals surface area (Å²) in [6.45, 7) is -2.85. The van der Waals surface area contributed by atoms with Crippen molar-refractivity contribution in [1.82, 2.24) is 9.97 Å². The van der Waals surface area contributed by atoms with Crippen molar-refractivity contribution in [3.8, 4) is 0 Å². The first-order valence-electron chi connectivity index (χ1n) is 4.91. The van der Waals surface area contributed by atoms with E-state index in [4.69, 9.17) is 22.6 Å². The molecule has 0 saturated heterocycles. The molecule has 102 valence electrons. The molecule has 10 heteroatoms. The second-order valence-electron chi connectivity index (χ2n) is 3.18. The van der Waals surface area contributed by atoms with Crippen molar-refractivity contribution in [2.75, 3.05) is 16.8 Å². The van der Waals surface area contributed by atoms with Crippen LogP contribution in [0.4, 0.5) is 26.4 Å². The van der Waals surface area contributed by atoms with E-state index in [1.165, 1.54) is 0 Å². The second-order valence-corrected chi connectivity index (χ2v) is 3.18. The minimum atomic E-state index is -2.85. The monoisotopic (exact) mass is 270 g/mol. The first-order valence-corrected chi connectivity index (χ1v) is 4.91. The van der Waals surface area contributed by atoms with Gasteiger partial charge in [0.25, 0.3) is 0 Å². The number of rotatable bonds is 5. The summed E-state index contributed by atoms with van der Waals surface area (Å²) in [6.07, 6.45) is 2.74. The highest BCUT2D eigenvalue weighted by molar-refractivity contribution is 5.90. The third-order valence-electron chi connectivity index (χ3n) is 1.91. The maximum Gasteiger partial charge on any atom is 0.331 e. The minimum absolute atomic E-state index is 0.0211.